The lowest BCUT2D eigenvalue weighted by atomic mass is 10.1. The van der Waals surface area contributed by atoms with Gasteiger partial charge < -0.3 is 14.2 Å². The second-order valence-corrected chi connectivity index (χ2v) is 15.0. The summed E-state index contributed by atoms with van der Waals surface area (Å²) >= 11 is 0. The Morgan fingerprint density at radius 3 is 1.13 bits per heavy atom. The molecule has 0 spiro atoms. The minimum atomic E-state index is -0.798. The minimum Gasteiger partial charge on any atom is -0.462 e. The van der Waals surface area contributed by atoms with Gasteiger partial charge in [0.2, 0.25) is 0 Å². The van der Waals surface area contributed by atoms with Crippen molar-refractivity contribution in [3.63, 3.8) is 0 Å². The minimum absolute atomic E-state index is 0.103. The maximum atomic E-state index is 12.7. The van der Waals surface area contributed by atoms with Gasteiger partial charge in [-0.25, -0.2) is 0 Å². The number of hydrogen-bond acceptors (Lipinski definition) is 6. The van der Waals surface area contributed by atoms with E-state index in [-0.39, 0.29) is 37.5 Å². The van der Waals surface area contributed by atoms with Crippen LogP contribution in [0.5, 0.6) is 0 Å². The van der Waals surface area contributed by atoms with Crippen molar-refractivity contribution in [2.75, 3.05) is 13.2 Å². The smallest absolute Gasteiger partial charge is 0.306 e. The highest BCUT2D eigenvalue weighted by atomic mass is 16.6. The van der Waals surface area contributed by atoms with Crippen LogP contribution >= 0.6 is 0 Å². The molecular formula is C48H84O6. The zero-order valence-corrected chi connectivity index (χ0v) is 35.5. The number of esters is 3. The highest BCUT2D eigenvalue weighted by Gasteiger charge is 2.19. The normalized spacial score (nSPS) is 12.4. The fraction of sp³-hybridized carbons (Fsp3) is 0.771. The van der Waals surface area contributed by atoms with E-state index in [4.69, 9.17) is 14.2 Å². The Morgan fingerprint density at radius 1 is 0.370 bits per heavy atom. The first-order valence-electron chi connectivity index (χ1n) is 22.6. The molecule has 312 valence electrons. The SMILES string of the molecule is CCCCCC/C=C\CCCC(=O)OCC(COC(=O)CCC/C=C\C/C=C\C/C=C\CCCCCCCC)OC(=O)CCCCCCCCCCCC. The van der Waals surface area contributed by atoms with Crippen LogP contribution in [0.15, 0.2) is 48.6 Å². The van der Waals surface area contributed by atoms with Gasteiger partial charge in [-0.2, -0.15) is 0 Å². The van der Waals surface area contributed by atoms with E-state index >= 15 is 0 Å². The van der Waals surface area contributed by atoms with E-state index < -0.39 is 6.10 Å². The second kappa shape index (κ2) is 43.1. The maximum Gasteiger partial charge on any atom is 0.306 e. The molecule has 6 heteroatoms. The van der Waals surface area contributed by atoms with E-state index in [0.29, 0.717) is 25.7 Å². The molecule has 0 aliphatic carbocycles. The number of ether oxygens (including phenoxy) is 3. The molecule has 0 aromatic heterocycles. The number of hydrogen-bond donors (Lipinski definition) is 0. The number of rotatable bonds is 40. The summed E-state index contributed by atoms with van der Waals surface area (Å²) in [7, 11) is 0. The van der Waals surface area contributed by atoms with Crippen LogP contribution in [0, 0.1) is 0 Å². The predicted octanol–water partition coefficient (Wildman–Crippen LogP) is 14.4. The maximum absolute atomic E-state index is 12.7. The van der Waals surface area contributed by atoms with Gasteiger partial charge in [-0.3, -0.25) is 14.4 Å². The first-order chi connectivity index (χ1) is 26.5. The van der Waals surface area contributed by atoms with Crippen molar-refractivity contribution in [3.8, 4) is 0 Å². The quantitative estimate of drug-likeness (QED) is 0.0268. The molecule has 0 amide bonds. The molecule has 0 fully saturated rings. The number of carbonyl (C=O) groups is 3. The van der Waals surface area contributed by atoms with Crippen LogP contribution in [0.2, 0.25) is 0 Å². The Kier molecular flexibility index (Phi) is 41.0. The molecule has 54 heavy (non-hydrogen) atoms. The summed E-state index contributed by atoms with van der Waals surface area (Å²) in [5, 5.41) is 0. The molecule has 0 saturated carbocycles. The van der Waals surface area contributed by atoms with Gasteiger partial charge in [0.05, 0.1) is 0 Å². The van der Waals surface area contributed by atoms with Crippen molar-refractivity contribution in [2.24, 2.45) is 0 Å². The first-order valence-corrected chi connectivity index (χ1v) is 22.6. The zero-order valence-electron chi connectivity index (χ0n) is 35.5. The zero-order chi connectivity index (χ0) is 39.4. The van der Waals surface area contributed by atoms with Crippen molar-refractivity contribution in [3.05, 3.63) is 48.6 Å². The Hall–Kier alpha value is -2.63. The molecule has 0 rings (SSSR count). The molecule has 6 nitrogen and oxygen atoms in total. The van der Waals surface area contributed by atoms with E-state index in [1.165, 1.54) is 116 Å². The average Bonchev–Trinajstić information content (AvgIpc) is 3.17. The van der Waals surface area contributed by atoms with Gasteiger partial charge in [0.1, 0.15) is 13.2 Å². The second-order valence-electron chi connectivity index (χ2n) is 15.0. The van der Waals surface area contributed by atoms with E-state index in [1.807, 2.05) is 0 Å². The van der Waals surface area contributed by atoms with Crippen molar-refractivity contribution in [1.82, 2.24) is 0 Å². The lowest BCUT2D eigenvalue weighted by Crippen LogP contribution is -2.30. The molecule has 0 aliphatic rings. The Balaban J connectivity index is 4.42. The van der Waals surface area contributed by atoms with Gasteiger partial charge in [0.15, 0.2) is 6.10 Å². The molecule has 0 saturated heterocycles. The van der Waals surface area contributed by atoms with Gasteiger partial charge in [-0.05, 0) is 70.6 Å². The van der Waals surface area contributed by atoms with Gasteiger partial charge in [-0.1, -0.05) is 179 Å². The fourth-order valence-corrected chi connectivity index (χ4v) is 6.11. The van der Waals surface area contributed by atoms with Crippen molar-refractivity contribution < 1.29 is 28.6 Å². The number of unbranched alkanes of at least 4 members (excludes halogenated alkanes) is 21. The molecule has 0 aromatic rings. The average molecular weight is 757 g/mol. The molecule has 1 atom stereocenters. The lowest BCUT2D eigenvalue weighted by Gasteiger charge is -2.18. The molecule has 0 N–H and O–H groups in total. The van der Waals surface area contributed by atoms with Crippen LogP contribution in [0.25, 0.3) is 0 Å². The molecule has 1 unspecified atom stereocenters. The predicted molar refractivity (Wildman–Crippen MR) is 229 cm³/mol. The van der Waals surface area contributed by atoms with Crippen molar-refractivity contribution >= 4 is 17.9 Å². The van der Waals surface area contributed by atoms with Gasteiger partial charge in [0, 0.05) is 19.3 Å². The molecule has 0 aromatic carbocycles. The third-order valence-corrected chi connectivity index (χ3v) is 9.56. The van der Waals surface area contributed by atoms with Crippen molar-refractivity contribution in [2.45, 2.75) is 226 Å². The van der Waals surface area contributed by atoms with Crippen LogP contribution in [0.1, 0.15) is 220 Å². The van der Waals surface area contributed by atoms with Gasteiger partial charge >= 0.3 is 17.9 Å². The molecule has 0 radical (unpaired) electrons. The van der Waals surface area contributed by atoms with E-state index in [1.54, 1.807) is 0 Å². The van der Waals surface area contributed by atoms with Crippen LogP contribution in [-0.2, 0) is 28.6 Å². The topological polar surface area (TPSA) is 78.9 Å². The lowest BCUT2D eigenvalue weighted by molar-refractivity contribution is -0.167. The summed E-state index contributed by atoms with van der Waals surface area (Å²) in [5.41, 5.74) is 0. The van der Waals surface area contributed by atoms with Gasteiger partial charge in [-0.15, -0.1) is 0 Å². The number of allylic oxidation sites excluding steroid dienone is 8. The molecule has 0 bridgehead atoms. The third-order valence-electron chi connectivity index (χ3n) is 9.56. The molecule has 0 aliphatic heterocycles. The first kappa shape index (κ1) is 51.4. The molecular weight excluding hydrogens is 673 g/mol. The summed E-state index contributed by atoms with van der Waals surface area (Å²) in [4.78, 5) is 37.6. The van der Waals surface area contributed by atoms with Crippen LogP contribution < -0.4 is 0 Å². The van der Waals surface area contributed by atoms with Crippen molar-refractivity contribution in [1.29, 1.82) is 0 Å². The van der Waals surface area contributed by atoms with E-state index in [0.717, 1.165) is 51.4 Å². The standard InChI is InChI=1S/C48H84O6/c1-4-7-10-13-16-19-21-22-23-24-25-26-27-30-32-35-38-41-47(50)53-44-45(43-52-46(49)40-37-34-31-28-18-15-12-9-6-3)54-48(51)42-39-36-33-29-20-17-14-11-8-5-2/h22-23,25-26,28,30-32,45H,4-21,24,27,29,33-44H2,1-3H3/b23-22-,26-25-,31-28-,32-30-. The highest BCUT2D eigenvalue weighted by molar-refractivity contribution is 5.71. The fourth-order valence-electron chi connectivity index (χ4n) is 6.11. The molecule has 0 heterocycles. The summed E-state index contributed by atoms with van der Waals surface area (Å²) in [5.74, 6) is -0.992. The van der Waals surface area contributed by atoms with Crippen LogP contribution in [0.4, 0.5) is 0 Å². The monoisotopic (exact) mass is 757 g/mol. The van der Waals surface area contributed by atoms with Crippen LogP contribution in [-0.4, -0.2) is 37.2 Å². The van der Waals surface area contributed by atoms with Crippen LogP contribution in [0.3, 0.4) is 0 Å². The summed E-state index contributed by atoms with van der Waals surface area (Å²) in [6.45, 7) is 6.50. The largest absolute Gasteiger partial charge is 0.462 e. The Morgan fingerprint density at radius 2 is 0.685 bits per heavy atom. The Labute approximate surface area is 333 Å². The van der Waals surface area contributed by atoms with E-state index in [2.05, 4.69) is 69.4 Å². The van der Waals surface area contributed by atoms with Gasteiger partial charge in [0.25, 0.3) is 0 Å². The summed E-state index contributed by atoms with van der Waals surface area (Å²) in [6, 6.07) is 0. The summed E-state index contributed by atoms with van der Waals surface area (Å²) in [6.07, 6.45) is 49.7. The summed E-state index contributed by atoms with van der Waals surface area (Å²) < 4.78 is 16.6. The number of carbonyl (C=O) groups excluding carboxylic acids is 3. The van der Waals surface area contributed by atoms with E-state index in [9.17, 15) is 14.4 Å². The third kappa shape index (κ3) is 40.6. The Bertz CT molecular complexity index is 964. The highest BCUT2D eigenvalue weighted by Crippen LogP contribution is 2.13.